The summed E-state index contributed by atoms with van der Waals surface area (Å²) >= 11 is 0. The number of carbonyl (C=O) groups excluding carboxylic acids is 2. The van der Waals surface area contributed by atoms with E-state index in [0.717, 1.165) is 11.8 Å². The summed E-state index contributed by atoms with van der Waals surface area (Å²) < 4.78 is 49.9. The maximum atomic E-state index is 14.9. The summed E-state index contributed by atoms with van der Waals surface area (Å²) in [6.45, 7) is 7.47. The highest BCUT2D eigenvalue weighted by atomic mass is 19.2. The number of imidazole rings is 1. The van der Waals surface area contributed by atoms with Crippen molar-refractivity contribution < 1.29 is 27.5 Å². The number of alkyl carbamates (subject to hydrolysis) is 1. The molecular weight excluding hydrogens is 511 g/mol. The zero-order valence-electron chi connectivity index (χ0n) is 22.8. The Bertz CT molecular complexity index is 1460. The molecule has 1 aliphatic carbocycles. The van der Waals surface area contributed by atoms with E-state index >= 15 is 0 Å². The van der Waals surface area contributed by atoms with Crippen LogP contribution in [0.3, 0.4) is 0 Å². The van der Waals surface area contributed by atoms with Crippen LogP contribution in [0.2, 0.25) is 0 Å². The Morgan fingerprint density at radius 3 is 2.49 bits per heavy atom. The van der Waals surface area contributed by atoms with Gasteiger partial charge < -0.3 is 19.4 Å². The molecule has 0 bridgehead atoms. The number of pyridine rings is 1. The first-order chi connectivity index (χ1) is 18.2. The molecule has 1 aromatic carbocycles. The minimum atomic E-state index is -1.29. The van der Waals surface area contributed by atoms with Crippen molar-refractivity contribution in [2.45, 2.75) is 58.1 Å². The van der Waals surface area contributed by atoms with Gasteiger partial charge in [-0.05, 0) is 65.6 Å². The van der Waals surface area contributed by atoms with Crippen LogP contribution in [-0.2, 0) is 17.6 Å². The number of halogens is 3. The molecule has 2 aromatic heterocycles. The number of rotatable bonds is 5. The van der Waals surface area contributed by atoms with Crippen molar-refractivity contribution in [3.05, 3.63) is 70.4 Å². The number of nitrogens with one attached hydrogen (secondary N) is 1. The highest BCUT2D eigenvalue weighted by molar-refractivity contribution is 6.04. The zero-order chi connectivity index (χ0) is 28.6. The van der Waals surface area contributed by atoms with E-state index in [1.807, 2.05) is 19.0 Å². The van der Waals surface area contributed by atoms with E-state index in [2.05, 4.69) is 15.3 Å². The third-order valence-corrected chi connectivity index (χ3v) is 6.35. The van der Waals surface area contributed by atoms with Crippen molar-refractivity contribution in [1.29, 1.82) is 0 Å². The van der Waals surface area contributed by atoms with Gasteiger partial charge in [0.25, 0.3) is 5.91 Å². The van der Waals surface area contributed by atoms with Crippen LogP contribution in [0, 0.1) is 17.5 Å². The van der Waals surface area contributed by atoms with E-state index in [4.69, 9.17) is 4.74 Å². The number of ether oxygens (including phenoxy) is 1. The second-order valence-electron chi connectivity index (χ2n) is 11.1. The Hall–Kier alpha value is -3.73. The molecule has 4 rings (SSSR count). The lowest BCUT2D eigenvalue weighted by atomic mass is 9.80. The van der Waals surface area contributed by atoms with Gasteiger partial charge in [-0.25, -0.2) is 27.9 Å². The van der Waals surface area contributed by atoms with E-state index in [1.165, 1.54) is 0 Å². The Balaban J connectivity index is 1.71. The van der Waals surface area contributed by atoms with Crippen LogP contribution in [0.25, 0.3) is 5.65 Å². The minimum Gasteiger partial charge on any atom is -0.444 e. The van der Waals surface area contributed by atoms with Crippen LogP contribution >= 0.6 is 0 Å². The van der Waals surface area contributed by atoms with E-state index in [9.17, 15) is 22.8 Å². The van der Waals surface area contributed by atoms with Gasteiger partial charge in [-0.3, -0.25) is 4.79 Å². The van der Waals surface area contributed by atoms with Gasteiger partial charge in [-0.1, -0.05) is 0 Å². The van der Waals surface area contributed by atoms with Crippen molar-refractivity contribution in [3.8, 4) is 0 Å². The van der Waals surface area contributed by atoms with Crippen LogP contribution in [0.4, 0.5) is 18.0 Å². The van der Waals surface area contributed by atoms with E-state index in [1.54, 1.807) is 50.4 Å². The van der Waals surface area contributed by atoms with Gasteiger partial charge in [0.15, 0.2) is 11.6 Å². The van der Waals surface area contributed by atoms with Crippen LogP contribution in [-0.4, -0.2) is 64.3 Å². The van der Waals surface area contributed by atoms with Crippen molar-refractivity contribution in [1.82, 2.24) is 19.6 Å². The Morgan fingerprint density at radius 1 is 1.13 bits per heavy atom. The average molecular weight is 544 g/mol. The molecule has 11 heteroatoms. The number of nitrogens with zero attached hydrogens (tertiary/aromatic N) is 4. The number of benzene rings is 1. The maximum Gasteiger partial charge on any atom is 0.407 e. The first kappa shape index (κ1) is 28.3. The predicted octanol–water partition coefficient (Wildman–Crippen LogP) is 4.69. The largest absolute Gasteiger partial charge is 0.444 e. The normalized spacial score (nSPS) is 17.8. The van der Waals surface area contributed by atoms with Gasteiger partial charge in [0, 0.05) is 60.6 Å². The van der Waals surface area contributed by atoms with Gasteiger partial charge in [-0.2, -0.15) is 0 Å². The quantitative estimate of drug-likeness (QED) is 0.373. The highest BCUT2D eigenvalue weighted by Crippen LogP contribution is 2.35. The molecule has 2 heterocycles. The molecule has 0 saturated carbocycles. The van der Waals surface area contributed by atoms with Gasteiger partial charge in [0.1, 0.15) is 17.1 Å². The van der Waals surface area contributed by atoms with Crippen LogP contribution in [0.5, 0.6) is 0 Å². The second-order valence-corrected chi connectivity index (χ2v) is 11.1. The molecular formula is C28H32F3N5O3. The van der Waals surface area contributed by atoms with Gasteiger partial charge in [0.05, 0.1) is 5.69 Å². The number of carbonyl (C=O) groups is 2. The number of fused-ring (bicyclic) bond motifs is 3. The van der Waals surface area contributed by atoms with Crippen molar-refractivity contribution >= 4 is 23.4 Å². The molecule has 0 radical (unpaired) electrons. The molecule has 0 fully saturated rings. The number of aliphatic imine (C=N–C) groups is 1. The molecule has 1 aliphatic rings. The number of aromatic nitrogens is 2. The molecule has 39 heavy (non-hydrogen) atoms. The summed E-state index contributed by atoms with van der Waals surface area (Å²) in [6, 6.07) is 3.89. The fraction of sp³-hybridized carbons (Fsp3) is 0.429. The fourth-order valence-corrected chi connectivity index (χ4v) is 4.85. The van der Waals surface area contributed by atoms with E-state index in [-0.39, 0.29) is 18.4 Å². The first-order valence-corrected chi connectivity index (χ1v) is 12.6. The Labute approximate surface area is 224 Å². The molecule has 0 spiro atoms. The summed E-state index contributed by atoms with van der Waals surface area (Å²) in [4.78, 5) is 36.1. The monoisotopic (exact) mass is 543 g/mol. The molecule has 8 nitrogen and oxygen atoms in total. The summed E-state index contributed by atoms with van der Waals surface area (Å²) in [7, 11) is 3.77. The Kier molecular flexibility index (Phi) is 7.83. The number of hydrogen-bond acceptors (Lipinski definition) is 5. The van der Waals surface area contributed by atoms with Gasteiger partial charge in [-0.15, -0.1) is 0 Å². The molecule has 2 atom stereocenters. The SMILES string of the molecule is CC(CN(C)C)=NC(=O)c1ccn2c3c(nc2c1)CC(c1cc(F)c(F)cc1F)C(NC(=O)OC(C)(C)C)C3. The second kappa shape index (κ2) is 10.8. The summed E-state index contributed by atoms with van der Waals surface area (Å²) in [6.07, 6.45) is 1.35. The molecule has 3 aromatic rings. The van der Waals surface area contributed by atoms with E-state index < -0.39 is 47.0 Å². The van der Waals surface area contributed by atoms with Crippen molar-refractivity contribution in [2.75, 3.05) is 20.6 Å². The molecule has 208 valence electrons. The van der Waals surface area contributed by atoms with Crippen LogP contribution in [0.1, 0.15) is 60.9 Å². The molecule has 2 unspecified atom stereocenters. The van der Waals surface area contributed by atoms with Gasteiger partial charge in [0.2, 0.25) is 0 Å². The standard InChI is InChI=1S/C28H32F3N5O3/c1-15(14-35(5)6)32-26(37)16-7-8-36-24-13-22(34-27(38)39-28(2,3)4)18(11-23(24)33-25(36)9-16)17-10-20(30)21(31)12-19(17)29/h7-10,12,18,22H,11,13-14H2,1-6H3,(H,34,38). The summed E-state index contributed by atoms with van der Waals surface area (Å²) in [5, 5.41) is 2.79. The van der Waals surface area contributed by atoms with Crippen LogP contribution < -0.4 is 5.32 Å². The summed E-state index contributed by atoms with van der Waals surface area (Å²) in [5.41, 5.74) is 2.01. The third kappa shape index (κ3) is 6.47. The highest BCUT2D eigenvalue weighted by Gasteiger charge is 2.36. The van der Waals surface area contributed by atoms with Crippen LogP contribution in [0.15, 0.2) is 35.5 Å². The average Bonchev–Trinajstić information content (AvgIpc) is 3.15. The van der Waals surface area contributed by atoms with E-state index in [0.29, 0.717) is 35.2 Å². The number of hydrogen-bond donors (Lipinski definition) is 1. The smallest absolute Gasteiger partial charge is 0.407 e. The lowest BCUT2D eigenvalue weighted by Crippen LogP contribution is -2.46. The predicted molar refractivity (Wildman–Crippen MR) is 141 cm³/mol. The topological polar surface area (TPSA) is 88.3 Å². The summed E-state index contributed by atoms with van der Waals surface area (Å²) in [5.74, 6) is -4.54. The minimum absolute atomic E-state index is 0.0702. The molecule has 0 aliphatic heterocycles. The third-order valence-electron chi connectivity index (χ3n) is 6.35. The molecule has 2 amide bonds. The number of amides is 2. The van der Waals surface area contributed by atoms with Crippen molar-refractivity contribution in [3.63, 3.8) is 0 Å². The lowest BCUT2D eigenvalue weighted by molar-refractivity contribution is 0.0492. The van der Waals surface area contributed by atoms with Gasteiger partial charge >= 0.3 is 6.09 Å². The molecule has 0 saturated heterocycles. The lowest BCUT2D eigenvalue weighted by Gasteiger charge is -2.33. The maximum absolute atomic E-state index is 14.9. The fourth-order valence-electron chi connectivity index (χ4n) is 4.85. The first-order valence-electron chi connectivity index (χ1n) is 12.6. The van der Waals surface area contributed by atoms with Crippen molar-refractivity contribution in [2.24, 2.45) is 4.99 Å². The Morgan fingerprint density at radius 2 is 1.82 bits per heavy atom. The molecule has 1 N–H and O–H groups in total. The zero-order valence-corrected chi connectivity index (χ0v) is 22.8.